The van der Waals surface area contributed by atoms with Crippen molar-refractivity contribution >= 4 is 17.8 Å². The fraction of sp³-hybridized carbons (Fsp3) is 0.800. The lowest BCUT2D eigenvalue weighted by Gasteiger charge is -2.47. The van der Waals surface area contributed by atoms with E-state index in [0.29, 0.717) is 19.6 Å². The molecule has 1 aliphatic carbocycles. The molecule has 0 bridgehead atoms. The number of hydrogen-bond acceptors (Lipinski definition) is 3. The van der Waals surface area contributed by atoms with Crippen molar-refractivity contribution in [1.82, 2.24) is 9.80 Å². The van der Waals surface area contributed by atoms with E-state index < -0.39 is 17.4 Å². The van der Waals surface area contributed by atoms with Crippen LogP contribution in [0.1, 0.15) is 40.0 Å². The van der Waals surface area contributed by atoms with Crippen LogP contribution in [-0.2, 0) is 14.4 Å². The molecule has 0 spiro atoms. The Labute approximate surface area is 125 Å². The second kappa shape index (κ2) is 5.66. The van der Waals surface area contributed by atoms with Crippen LogP contribution in [0.3, 0.4) is 0 Å². The van der Waals surface area contributed by atoms with Crippen LogP contribution in [0.4, 0.5) is 0 Å². The van der Waals surface area contributed by atoms with Gasteiger partial charge in [-0.15, -0.1) is 0 Å². The summed E-state index contributed by atoms with van der Waals surface area (Å²) in [6.07, 6.45) is 2.22. The molecule has 1 saturated heterocycles. The Kier molecular flexibility index (Phi) is 4.25. The number of carboxylic acid groups (broad SMARTS) is 1. The number of aliphatic carboxylic acids is 1. The monoisotopic (exact) mass is 296 g/mol. The van der Waals surface area contributed by atoms with Crippen LogP contribution in [0.2, 0.25) is 0 Å². The number of nitrogens with zero attached hydrogens (tertiary/aromatic N) is 2. The molecular formula is C15H24N2O4. The molecule has 21 heavy (non-hydrogen) atoms. The SMILES string of the molecule is CC[C@H](C(=O)O)C(=O)N1CCN(C(=O)C2CC2)CC1(C)C. The van der Waals surface area contributed by atoms with E-state index in [0.717, 1.165) is 12.8 Å². The first-order valence-electron chi connectivity index (χ1n) is 7.61. The number of carbonyl (C=O) groups is 3. The van der Waals surface area contributed by atoms with Crippen LogP contribution < -0.4 is 0 Å². The Morgan fingerprint density at radius 3 is 2.29 bits per heavy atom. The number of rotatable bonds is 4. The zero-order valence-electron chi connectivity index (χ0n) is 13.0. The van der Waals surface area contributed by atoms with Gasteiger partial charge < -0.3 is 14.9 Å². The van der Waals surface area contributed by atoms with E-state index in [2.05, 4.69) is 0 Å². The maximum absolute atomic E-state index is 12.5. The molecule has 2 amide bonds. The predicted molar refractivity (Wildman–Crippen MR) is 76.5 cm³/mol. The van der Waals surface area contributed by atoms with Gasteiger partial charge in [-0.2, -0.15) is 0 Å². The summed E-state index contributed by atoms with van der Waals surface area (Å²) in [6.45, 7) is 6.88. The van der Waals surface area contributed by atoms with E-state index >= 15 is 0 Å². The molecule has 1 heterocycles. The van der Waals surface area contributed by atoms with E-state index in [1.165, 1.54) is 0 Å². The van der Waals surface area contributed by atoms with E-state index in [9.17, 15) is 14.4 Å². The van der Waals surface area contributed by atoms with Gasteiger partial charge in [-0.1, -0.05) is 6.92 Å². The van der Waals surface area contributed by atoms with Gasteiger partial charge >= 0.3 is 5.97 Å². The second-order valence-electron chi connectivity index (χ2n) is 6.64. The van der Waals surface area contributed by atoms with Crippen LogP contribution >= 0.6 is 0 Å². The van der Waals surface area contributed by atoms with Gasteiger partial charge in [-0.25, -0.2) is 0 Å². The first-order valence-corrected chi connectivity index (χ1v) is 7.61. The van der Waals surface area contributed by atoms with E-state index in [4.69, 9.17) is 5.11 Å². The summed E-state index contributed by atoms with van der Waals surface area (Å²) in [5.74, 6) is -2.05. The molecule has 2 rings (SSSR count). The quantitative estimate of drug-likeness (QED) is 0.784. The Balaban J connectivity index is 2.07. The summed E-state index contributed by atoms with van der Waals surface area (Å²) in [4.78, 5) is 39.2. The molecule has 118 valence electrons. The number of amides is 2. The molecule has 2 aliphatic rings. The summed E-state index contributed by atoms with van der Waals surface area (Å²) >= 11 is 0. The summed E-state index contributed by atoms with van der Waals surface area (Å²) < 4.78 is 0. The van der Waals surface area contributed by atoms with E-state index in [1.807, 2.05) is 18.7 Å². The Morgan fingerprint density at radius 1 is 1.24 bits per heavy atom. The molecule has 1 aliphatic heterocycles. The number of carbonyl (C=O) groups excluding carboxylic acids is 2. The molecule has 0 aromatic carbocycles. The van der Waals surface area contributed by atoms with Crippen LogP contribution in [0.5, 0.6) is 0 Å². The standard InChI is InChI=1S/C15H24N2O4/c1-4-11(14(20)21)13(19)17-8-7-16(9-15(17,2)3)12(18)10-5-6-10/h10-11H,4-9H2,1-3H3,(H,20,21)/t11-/m0/s1. The first-order chi connectivity index (χ1) is 9.77. The zero-order valence-corrected chi connectivity index (χ0v) is 13.0. The molecule has 0 aromatic heterocycles. The van der Waals surface area contributed by atoms with Crippen molar-refractivity contribution in [3.05, 3.63) is 0 Å². The fourth-order valence-corrected chi connectivity index (χ4v) is 2.98. The molecule has 0 unspecified atom stereocenters. The minimum absolute atomic E-state index is 0.172. The second-order valence-corrected chi connectivity index (χ2v) is 6.64. The maximum atomic E-state index is 12.5. The molecule has 1 atom stereocenters. The highest BCUT2D eigenvalue weighted by atomic mass is 16.4. The molecule has 1 N–H and O–H groups in total. The van der Waals surface area contributed by atoms with Gasteiger partial charge in [0.25, 0.3) is 0 Å². The molecule has 6 nitrogen and oxygen atoms in total. The third-order valence-corrected chi connectivity index (χ3v) is 4.41. The maximum Gasteiger partial charge on any atom is 0.316 e. The summed E-state index contributed by atoms with van der Waals surface area (Å²) in [5, 5.41) is 9.15. The number of carboxylic acids is 1. The minimum Gasteiger partial charge on any atom is -0.481 e. The average Bonchev–Trinajstić information content (AvgIpc) is 3.20. The third kappa shape index (κ3) is 3.19. The highest BCUT2D eigenvalue weighted by molar-refractivity contribution is 5.97. The van der Waals surface area contributed by atoms with E-state index in [-0.39, 0.29) is 24.2 Å². The topological polar surface area (TPSA) is 77.9 Å². The van der Waals surface area contributed by atoms with Crippen molar-refractivity contribution in [2.24, 2.45) is 11.8 Å². The lowest BCUT2D eigenvalue weighted by atomic mass is 9.94. The molecule has 0 radical (unpaired) electrons. The summed E-state index contributed by atoms with van der Waals surface area (Å²) in [5.41, 5.74) is -0.525. The molecule has 0 aromatic rings. The predicted octanol–water partition coefficient (Wildman–Crippen LogP) is 0.957. The van der Waals surface area contributed by atoms with Crippen molar-refractivity contribution in [2.45, 2.75) is 45.6 Å². The van der Waals surface area contributed by atoms with Gasteiger partial charge in [0.2, 0.25) is 11.8 Å². The molecule has 2 fully saturated rings. The highest BCUT2D eigenvalue weighted by Crippen LogP contribution is 2.33. The molecule has 6 heteroatoms. The van der Waals surface area contributed by atoms with Gasteiger partial charge in [-0.3, -0.25) is 14.4 Å². The Hall–Kier alpha value is -1.59. The smallest absolute Gasteiger partial charge is 0.316 e. The van der Waals surface area contributed by atoms with Crippen LogP contribution in [-0.4, -0.2) is 57.9 Å². The summed E-state index contributed by atoms with van der Waals surface area (Å²) in [6, 6.07) is 0. The first kappa shape index (κ1) is 15.8. The van der Waals surface area contributed by atoms with Crippen molar-refractivity contribution in [2.75, 3.05) is 19.6 Å². The minimum atomic E-state index is -1.07. The van der Waals surface area contributed by atoms with Gasteiger partial charge in [0.1, 0.15) is 5.92 Å². The lowest BCUT2D eigenvalue weighted by molar-refractivity contribution is -0.158. The van der Waals surface area contributed by atoms with Gasteiger partial charge in [0.15, 0.2) is 0 Å². The average molecular weight is 296 g/mol. The number of hydrogen-bond donors (Lipinski definition) is 1. The molecular weight excluding hydrogens is 272 g/mol. The van der Waals surface area contributed by atoms with Crippen LogP contribution in [0.15, 0.2) is 0 Å². The van der Waals surface area contributed by atoms with E-state index in [1.54, 1.807) is 11.8 Å². The normalized spacial score (nSPS) is 22.8. The molecule has 1 saturated carbocycles. The van der Waals surface area contributed by atoms with Gasteiger partial charge in [0, 0.05) is 25.6 Å². The van der Waals surface area contributed by atoms with Crippen molar-refractivity contribution in [3.63, 3.8) is 0 Å². The Morgan fingerprint density at radius 2 is 1.86 bits per heavy atom. The van der Waals surface area contributed by atoms with Crippen molar-refractivity contribution < 1.29 is 19.5 Å². The van der Waals surface area contributed by atoms with Crippen molar-refractivity contribution in [1.29, 1.82) is 0 Å². The largest absolute Gasteiger partial charge is 0.481 e. The van der Waals surface area contributed by atoms with Crippen LogP contribution in [0.25, 0.3) is 0 Å². The fourth-order valence-electron chi connectivity index (χ4n) is 2.98. The Bertz CT molecular complexity index is 457. The third-order valence-electron chi connectivity index (χ3n) is 4.41. The zero-order chi connectivity index (χ0) is 15.8. The summed E-state index contributed by atoms with van der Waals surface area (Å²) in [7, 11) is 0. The lowest BCUT2D eigenvalue weighted by Crippen LogP contribution is -2.63. The van der Waals surface area contributed by atoms with Gasteiger partial charge in [0.05, 0.1) is 5.54 Å². The number of piperazine rings is 1. The van der Waals surface area contributed by atoms with Gasteiger partial charge in [-0.05, 0) is 33.1 Å². The van der Waals surface area contributed by atoms with Crippen molar-refractivity contribution in [3.8, 4) is 0 Å². The van der Waals surface area contributed by atoms with Crippen LogP contribution in [0, 0.1) is 11.8 Å². The highest BCUT2D eigenvalue weighted by Gasteiger charge is 2.44.